The van der Waals surface area contributed by atoms with Crippen LogP contribution in [-0.2, 0) is 0 Å². The van der Waals surface area contributed by atoms with Gasteiger partial charge in [-0.05, 0) is 31.4 Å². The molecule has 1 heterocycles. The normalized spacial score (nSPS) is 37.9. The minimum atomic E-state index is 0.473. The monoisotopic (exact) mass is 175 g/mol. The molecular formula is C12H17N. The molecule has 70 valence electrons. The van der Waals surface area contributed by atoms with Crippen molar-refractivity contribution >= 4 is 0 Å². The molecule has 1 nitrogen and oxygen atoms in total. The van der Waals surface area contributed by atoms with Crippen LogP contribution in [0, 0.1) is 11.3 Å². The third-order valence-electron chi connectivity index (χ3n) is 3.28. The molecule has 1 aliphatic heterocycles. The van der Waals surface area contributed by atoms with E-state index >= 15 is 0 Å². The van der Waals surface area contributed by atoms with Crippen molar-refractivity contribution in [2.24, 2.45) is 11.3 Å². The Labute approximate surface area is 80.2 Å². The van der Waals surface area contributed by atoms with Crippen LogP contribution in [0.5, 0.6) is 0 Å². The average Bonchev–Trinajstić information content (AvgIpc) is 2.70. The van der Waals surface area contributed by atoms with Crippen LogP contribution in [0.15, 0.2) is 36.5 Å². The van der Waals surface area contributed by atoms with Gasteiger partial charge in [0.05, 0.1) is 0 Å². The molecule has 0 radical (unpaired) electrons. The fourth-order valence-electron chi connectivity index (χ4n) is 2.48. The summed E-state index contributed by atoms with van der Waals surface area (Å²) in [5.41, 5.74) is 1.93. The summed E-state index contributed by atoms with van der Waals surface area (Å²) in [5.74, 6) is 0.884. The SMILES string of the molecule is C=C/C=C(\C=C/C)C12CNCC1C2. The zero-order valence-corrected chi connectivity index (χ0v) is 8.22. The molecule has 0 amide bonds. The number of hydrogen-bond donors (Lipinski definition) is 1. The maximum Gasteiger partial charge on any atom is 0.0122 e. The molecule has 0 bridgehead atoms. The lowest BCUT2D eigenvalue weighted by molar-refractivity contribution is 0.620. The summed E-state index contributed by atoms with van der Waals surface area (Å²) < 4.78 is 0. The van der Waals surface area contributed by atoms with Crippen molar-refractivity contribution in [3.8, 4) is 0 Å². The van der Waals surface area contributed by atoms with Gasteiger partial charge >= 0.3 is 0 Å². The molecule has 2 rings (SSSR count). The Kier molecular flexibility index (Phi) is 2.12. The Morgan fingerprint density at radius 3 is 2.92 bits per heavy atom. The number of nitrogens with one attached hydrogen (secondary N) is 1. The molecule has 2 fully saturated rings. The van der Waals surface area contributed by atoms with Crippen LogP contribution in [0.4, 0.5) is 0 Å². The first kappa shape index (κ1) is 8.76. The molecule has 1 N–H and O–H groups in total. The fourth-order valence-corrected chi connectivity index (χ4v) is 2.48. The zero-order chi connectivity index (χ0) is 9.31. The summed E-state index contributed by atoms with van der Waals surface area (Å²) in [7, 11) is 0. The molecule has 1 saturated heterocycles. The quantitative estimate of drug-likeness (QED) is 0.649. The first-order valence-corrected chi connectivity index (χ1v) is 5.00. The van der Waals surface area contributed by atoms with E-state index in [1.54, 1.807) is 0 Å². The minimum Gasteiger partial charge on any atom is -0.316 e. The van der Waals surface area contributed by atoms with Crippen LogP contribution in [0.3, 0.4) is 0 Å². The molecule has 13 heavy (non-hydrogen) atoms. The van der Waals surface area contributed by atoms with E-state index in [-0.39, 0.29) is 0 Å². The second-order valence-corrected chi connectivity index (χ2v) is 4.05. The lowest BCUT2D eigenvalue weighted by Crippen LogP contribution is -2.17. The lowest BCUT2D eigenvalue weighted by atomic mass is 9.94. The van der Waals surface area contributed by atoms with Crippen molar-refractivity contribution in [3.05, 3.63) is 36.5 Å². The maximum atomic E-state index is 3.77. The standard InChI is InChI=1S/C12H17N/c1-3-5-10(6-4-2)12-7-11(12)8-13-9-12/h3-6,11,13H,1,7-9H2,2H3/b6-4-,10-5+. The van der Waals surface area contributed by atoms with Gasteiger partial charge in [0.25, 0.3) is 0 Å². The third-order valence-corrected chi connectivity index (χ3v) is 3.28. The highest BCUT2D eigenvalue weighted by atomic mass is 15.0. The molecule has 0 aromatic heterocycles. The fraction of sp³-hybridized carbons (Fsp3) is 0.500. The van der Waals surface area contributed by atoms with Crippen molar-refractivity contribution in [1.29, 1.82) is 0 Å². The van der Waals surface area contributed by atoms with Crippen LogP contribution in [0.25, 0.3) is 0 Å². The number of piperidine rings is 1. The zero-order valence-electron chi connectivity index (χ0n) is 8.22. The molecule has 1 saturated carbocycles. The van der Waals surface area contributed by atoms with E-state index in [4.69, 9.17) is 0 Å². The van der Waals surface area contributed by atoms with Crippen molar-refractivity contribution in [2.45, 2.75) is 13.3 Å². The Hall–Kier alpha value is -0.820. The van der Waals surface area contributed by atoms with Crippen molar-refractivity contribution in [1.82, 2.24) is 5.32 Å². The van der Waals surface area contributed by atoms with Crippen LogP contribution in [-0.4, -0.2) is 13.1 Å². The molecule has 0 aromatic rings. The van der Waals surface area contributed by atoms with Gasteiger partial charge in [-0.2, -0.15) is 0 Å². The van der Waals surface area contributed by atoms with Gasteiger partial charge < -0.3 is 5.32 Å². The second kappa shape index (κ2) is 3.15. The Morgan fingerprint density at radius 1 is 1.62 bits per heavy atom. The Bertz CT molecular complexity index is 275. The van der Waals surface area contributed by atoms with Crippen LogP contribution >= 0.6 is 0 Å². The largest absolute Gasteiger partial charge is 0.316 e. The summed E-state index contributed by atoms with van der Waals surface area (Å²) >= 11 is 0. The molecule has 1 aliphatic carbocycles. The molecule has 0 aromatic carbocycles. The summed E-state index contributed by atoms with van der Waals surface area (Å²) in [6.07, 6.45) is 9.78. The summed E-state index contributed by atoms with van der Waals surface area (Å²) in [5, 5.41) is 3.45. The lowest BCUT2D eigenvalue weighted by Gasteiger charge is -2.12. The van der Waals surface area contributed by atoms with E-state index < -0.39 is 0 Å². The number of rotatable bonds is 3. The first-order valence-electron chi connectivity index (χ1n) is 5.00. The highest BCUT2D eigenvalue weighted by Gasteiger charge is 2.58. The average molecular weight is 175 g/mol. The van der Waals surface area contributed by atoms with Crippen LogP contribution in [0.2, 0.25) is 0 Å². The van der Waals surface area contributed by atoms with Gasteiger partial charge in [-0.3, -0.25) is 0 Å². The van der Waals surface area contributed by atoms with E-state index in [1.807, 2.05) is 6.08 Å². The van der Waals surface area contributed by atoms with Gasteiger partial charge in [0.1, 0.15) is 0 Å². The highest BCUT2D eigenvalue weighted by molar-refractivity contribution is 5.38. The minimum absolute atomic E-state index is 0.473. The second-order valence-electron chi connectivity index (χ2n) is 4.05. The third kappa shape index (κ3) is 1.28. The van der Waals surface area contributed by atoms with Crippen LogP contribution in [0.1, 0.15) is 13.3 Å². The van der Waals surface area contributed by atoms with Gasteiger partial charge in [0, 0.05) is 12.0 Å². The van der Waals surface area contributed by atoms with Gasteiger partial charge in [-0.15, -0.1) is 0 Å². The van der Waals surface area contributed by atoms with Crippen molar-refractivity contribution in [2.75, 3.05) is 13.1 Å². The Morgan fingerprint density at radius 2 is 2.46 bits per heavy atom. The smallest absolute Gasteiger partial charge is 0.0122 e. The van der Waals surface area contributed by atoms with Crippen LogP contribution < -0.4 is 5.32 Å². The van der Waals surface area contributed by atoms with Crippen molar-refractivity contribution in [3.63, 3.8) is 0 Å². The molecular weight excluding hydrogens is 158 g/mol. The topological polar surface area (TPSA) is 12.0 Å². The van der Waals surface area contributed by atoms with E-state index in [2.05, 4.69) is 37.0 Å². The van der Waals surface area contributed by atoms with Gasteiger partial charge in [0.2, 0.25) is 0 Å². The highest BCUT2D eigenvalue weighted by Crippen LogP contribution is 2.60. The van der Waals surface area contributed by atoms with Gasteiger partial charge in [-0.25, -0.2) is 0 Å². The van der Waals surface area contributed by atoms with Crippen molar-refractivity contribution < 1.29 is 0 Å². The number of hydrogen-bond acceptors (Lipinski definition) is 1. The molecule has 2 atom stereocenters. The molecule has 2 aliphatic rings. The number of allylic oxidation sites excluding steroid dienone is 4. The Balaban J connectivity index is 2.21. The van der Waals surface area contributed by atoms with Gasteiger partial charge in [-0.1, -0.05) is 30.9 Å². The summed E-state index contributed by atoms with van der Waals surface area (Å²) in [6, 6.07) is 0. The predicted molar refractivity (Wildman–Crippen MR) is 56.5 cm³/mol. The maximum absolute atomic E-state index is 3.77. The van der Waals surface area contributed by atoms with E-state index in [1.165, 1.54) is 18.5 Å². The molecule has 1 heteroatoms. The van der Waals surface area contributed by atoms with E-state index in [0.717, 1.165) is 12.5 Å². The van der Waals surface area contributed by atoms with E-state index in [9.17, 15) is 0 Å². The summed E-state index contributed by atoms with van der Waals surface area (Å²) in [4.78, 5) is 0. The van der Waals surface area contributed by atoms with E-state index in [0.29, 0.717) is 5.41 Å². The number of fused-ring (bicyclic) bond motifs is 1. The van der Waals surface area contributed by atoms with Gasteiger partial charge in [0.15, 0.2) is 0 Å². The molecule has 0 spiro atoms. The molecule has 2 unspecified atom stereocenters. The first-order chi connectivity index (χ1) is 6.33. The predicted octanol–water partition coefficient (Wildman–Crippen LogP) is 2.28. The summed E-state index contributed by atoms with van der Waals surface area (Å²) in [6.45, 7) is 8.20.